The summed E-state index contributed by atoms with van der Waals surface area (Å²) in [5.41, 5.74) is 5.45. The van der Waals surface area contributed by atoms with Gasteiger partial charge in [0.15, 0.2) is 0 Å². The minimum absolute atomic E-state index is 0.237. The van der Waals surface area contributed by atoms with E-state index in [2.05, 4.69) is 29.1 Å². The standard InChI is InChI=1S/C9H15ClN4/c1-3-6(2)4-12-8-7(10)5-13-9(11)14-8/h5-6H,3-4H2,1-2H3,(H3,11,12,13,14). The number of nitrogens with one attached hydrogen (secondary N) is 1. The normalized spacial score (nSPS) is 12.5. The Bertz CT molecular complexity index is 303. The summed E-state index contributed by atoms with van der Waals surface area (Å²) in [6, 6.07) is 0. The second-order valence-electron chi connectivity index (χ2n) is 3.32. The summed E-state index contributed by atoms with van der Waals surface area (Å²) in [6.45, 7) is 5.14. The van der Waals surface area contributed by atoms with Gasteiger partial charge in [0, 0.05) is 6.54 Å². The smallest absolute Gasteiger partial charge is 0.222 e. The van der Waals surface area contributed by atoms with Gasteiger partial charge in [0.2, 0.25) is 5.95 Å². The Morgan fingerprint density at radius 3 is 3.00 bits per heavy atom. The molecule has 1 heterocycles. The van der Waals surface area contributed by atoms with Crippen LogP contribution in [0.25, 0.3) is 0 Å². The maximum atomic E-state index is 5.88. The van der Waals surface area contributed by atoms with Crippen molar-refractivity contribution in [1.82, 2.24) is 9.97 Å². The number of nitrogen functional groups attached to an aromatic ring is 1. The molecule has 3 N–H and O–H groups in total. The van der Waals surface area contributed by atoms with Crippen LogP contribution < -0.4 is 11.1 Å². The minimum atomic E-state index is 0.237. The SMILES string of the molecule is CCC(C)CNc1nc(N)ncc1Cl. The Balaban J connectivity index is 2.62. The van der Waals surface area contributed by atoms with Crippen molar-refractivity contribution < 1.29 is 0 Å². The fourth-order valence-corrected chi connectivity index (χ4v) is 1.08. The van der Waals surface area contributed by atoms with E-state index >= 15 is 0 Å². The second kappa shape index (κ2) is 5.00. The lowest BCUT2D eigenvalue weighted by Crippen LogP contribution is -2.12. The lowest BCUT2D eigenvalue weighted by atomic mass is 10.1. The summed E-state index contributed by atoms with van der Waals surface area (Å²) in [6.07, 6.45) is 2.62. The van der Waals surface area contributed by atoms with E-state index in [1.165, 1.54) is 6.20 Å². The van der Waals surface area contributed by atoms with Crippen molar-refractivity contribution in [3.63, 3.8) is 0 Å². The van der Waals surface area contributed by atoms with Crippen molar-refractivity contribution in [2.24, 2.45) is 5.92 Å². The average Bonchev–Trinajstić information content (AvgIpc) is 2.19. The van der Waals surface area contributed by atoms with Gasteiger partial charge in [-0.05, 0) is 5.92 Å². The number of nitrogens with two attached hydrogens (primary N) is 1. The van der Waals surface area contributed by atoms with Crippen LogP contribution in [0.4, 0.5) is 11.8 Å². The molecule has 0 bridgehead atoms. The van der Waals surface area contributed by atoms with Gasteiger partial charge in [0.1, 0.15) is 10.8 Å². The molecule has 0 aromatic carbocycles. The van der Waals surface area contributed by atoms with Crippen molar-refractivity contribution >= 4 is 23.4 Å². The molecule has 0 aliphatic rings. The number of anilines is 2. The van der Waals surface area contributed by atoms with E-state index in [0.29, 0.717) is 16.8 Å². The number of halogens is 1. The first-order valence-corrected chi connectivity index (χ1v) is 5.03. The lowest BCUT2D eigenvalue weighted by molar-refractivity contribution is 0.592. The third kappa shape index (κ3) is 3.03. The maximum absolute atomic E-state index is 5.88. The summed E-state index contributed by atoms with van der Waals surface area (Å²) in [5, 5.41) is 3.64. The zero-order chi connectivity index (χ0) is 10.6. The second-order valence-corrected chi connectivity index (χ2v) is 3.73. The molecule has 1 aromatic heterocycles. The van der Waals surface area contributed by atoms with Gasteiger partial charge < -0.3 is 11.1 Å². The van der Waals surface area contributed by atoms with Gasteiger partial charge in [-0.2, -0.15) is 4.98 Å². The Morgan fingerprint density at radius 1 is 1.64 bits per heavy atom. The highest BCUT2D eigenvalue weighted by Crippen LogP contribution is 2.18. The highest BCUT2D eigenvalue weighted by Gasteiger charge is 2.04. The van der Waals surface area contributed by atoms with Crippen molar-refractivity contribution in [2.75, 3.05) is 17.6 Å². The van der Waals surface area contributed by atoms with Crippen molar-refractivity contribution in [2.45, 2.75) is 20.3 Å². The van der Waals surface area contributed by atoms with Crippen molar-refractivity contribution in [3.8, 4) is 0 Å². The summed E-state index contributed by atoms with van der Waals surface area (Å²) in [5.74, 6) is 1.43. The number of aromatic nitrogens is 2. The highest BCUT2D eigenvalue weighted by molar-refractivity contribution is 6.32. The van der Waals surface area contributed by atoms with Crippen molar-refractivity contribution in [3.05, 3.63) is 11.2 Å². The molecular weight excluding hydrogens is 200 g/mol. The van der Waals surface area contributed by atoms with E-state index in [1.54, 1.807) is 0 Å². The predicted molar refractivity (Wildman–Crippen MR) is 59.4 cm³/mol. The zero-order valence-electron chi connectivity index (χ0n) is 8.42. The summed E-state index contributed by atoms with van der Waals surface area (Å²) in [4.78, 5) is 7.78. The first-order chi connectivity index (χ1) is 6.63. The van der Waals surface area contributed by atoms with E-state index in [4.69, 9.17) is 17.3 Å². The topological polar surface area (TPSA) is 63.8 Å². The summed E-state index contributed by atoms with van der Waals surface area (Å²) in [7, 11) is 0. The largest absolute Gasteiger partial charge is 0.368 e. The summed E-state index contributed by atoms with van der Waals surface area (Å²) < 4.78 is 0. The molecule has 78 valence electrons. The van der Waals surface area contributed by atoms with Crippen LogP contribution in [-0.4, -0.2) is 16.5 Å². The molecule has 14 heavy (non-hydrogen) atoms. The fraction of sp³-hybridized carbons (Fsp3) is 0.556. The molecule has 5 heteroatoms. The van der Waals surface area contributed by atoms with Gasteiger partial charge >= 0.3 is 0 Å². The molecule has 0 aliphatic carbocycles. The van der Waals surface area contributed by atoms with Crippen LogP contribution in [0.1, 0.15) is 20.3 Å². The highest BCUT2D eigenvalue weighted by atomic mass is 35.5. The van der Waals surface area contributed by atoms with Crippen LogP contribution in [-0.2, 0) is 0 Å². The molecule has 0 saturated carbocycles. The molecule has 0 radical (unpaired) electrons. The Labute approximate surface area is 88.9 Å². The molecular formula is C9H15ClN4. The zero-order valence-corrected chi connectivity index (χ0v) is 9.17. The first kappa shape index (κ1) is 11.0. The van der Waals surface area contributed by atoms with E-state index in [9.17, 15) is 0 Å². The maximum Gasteiger partial charge on any atom is 0.222 e. The quantitative estimate of drug-likeness (QED) is 0.807. The number of rotatable bonds is 4. The molecule has 4 nitrogen and oxygen atoms in total. The Hall–Kier alpha value is -1.03. The molecule has 0 amide bonds. The Kier molecular flexibility index (Phi) is 3.95. The van der Waals surface area contributed by atoms with Crippen LogP contribution in [0.15, 0.2) is 6.20 Å². The van der Waals surface area contributed by atoms with Gasteiger partial charge in [-0.3, -0.25) is 0 Å². The molecule has 1 aromatic rings. The number of nitrogens with zero attached hydrogens (tertiary/aromatic N) is 2. The van der Waals surface area contributed by atoms with Crippen LogP contribution >= 0.6 is 11.6 Å². The van der Waals surface area contributed by atoms with Crippen LogP contribution in [0.2, 0.25) is 5.02 Å². The first-order valence-electron chi connectivity index (χ1n) is 4.65. The third-order valence-corrected chi connectivity index (χ3v) is 2.35. The predicted octanol–water partition coefficient (Wildman–Crippen LogP) is 2.17. The summed E-state index contributed by atoms with van der Waals surface area (Å²) >= 11 is 5.88. The molecule has 1 unspecified atom stereocenters. The monoisotopic (exact) mass is 214 g/mol. The molecule has 1 atom stereocenters. The molecule has 0 aliphatic heterocycles. The number of hydrogen-bond donors (Lipinski definition) is 2. The fourth-order valence-electron chi connectivity index (χ4n) is 0.920. The third-order valence-electron chi connectivity index (χ3n) is 2.08. The Morgan fingerprint density at radius 2 is 2.36 bits per heavy atom. The van der Waals surface area contributed by atoms with Gasteiger partial charge in [-0.15, -0.1) is 0 Å². The average molecular weight is 215 g/mol. The van der Waals surface area contributed by atoms with Crippen LogP contribution in [0.5, 0.6) is 0 Å². The van der Waals surface area contributed by atoms with E-state index < -0.39 is 0 Å². The number of hydrogen-bond acceptors (Lipinski definition) is 4. The van der Waals surface area contributed by atoms with Gasteiger partial charge in [-0.25, -0.2) is 4.98 Å². The van der Waals surface area contributed by atoms with E-state index in [0.717, 1.165) is 13.0 Å². The molecule has 0 spiro atoms. The molecule has 1 rings (SSSR count). The lowest BCUT2D eigenvalue weighted by Gasteiger charge is -2.11. The van der Waals surface area contributed by atoms with Gasteiger partial charge in [-0.1, -0.05) is 31.9 Å². The van der Waals surface area contributed by atoms with Crippen molar-refractivity contribution in [1.29, 1.82) is 0 Å². The van der Waals surface area contributed by atoms with Gasteiger partial charge in [0.05, 0.1) is 6.20 Å². The van der Waals surface area contributed by atoms with E-state index in [-0.39, 0.29) is 5.95 Å². The van der Waals surface area contributed by atoms with Crippen LogP contribution in [0, 0.1) is 5.92 Å². The van der Waals surface area contributed by atoms with Crippen LogP contribution in [0.3, 0.4) is 0 Å². The molecule has 0 fully saturated rings. The van der Waals surface area contributed by atoms with Gasteiger partial charge in [0.25, 0.3) is 0 Å². The van der Waals surface area contributed by atoms with E-state index in [1.807, 2.05) is 0 Å². The molecule has 0 saturated heterocycles. The minimum Gasteiger partial charge on any atom is -0.368 e.